The molecule has 0 unspecified atom stereocenters. The summed E-state index contributed by atoms with van der Waals surface area (Å²) >= 11 is 0. The lowest BCUT2D eigenvalue weighted by atomic mass is 9.93. The highest BCUT2D eigenvalue weighted by molar-refractivity contribution is 6.22. The van der Waals surface area contributed by atoms with Crippen LogP contribution in [0.2, 0.25) is 0 Å². The quantitative estimate of drug-likeness (QED) is 0.616. The molecule has 0 saturated heterocycles. The van der Waals surface area contributed by atoms with Gasteiger partial charge in [-0.3, -0.25) is 14.4 Å². The van der Waals surface area contributed by atoms with E-state index in [-0.39, 0.29) is 0 Å². The van der Waals surface area contributed by atoms with Crippen molar-refractivity contribution in [2.24, 2.45) is 17.4 Å². The molecule has 0 radical (unpaired) electrons. The van der Waals surface area contributed by atoms with Crippen molar-refractivity contribution in [2.75, 3.05) is 0 Å². The predicted molar refractivity (Wildman–Crippen MR) is 57.7 cm³/mol. The molecule has 0 aromatic heterocycles. The zero-order valence-electron chi connectivity index (χ0n) is 9.40. The van der Waals surface area contributed by atoms with Gasteiger partial charge in [-0.2, -0.15) is 13.2 Å². The molecular weight excluding hydrogens is 265 g/mol. The Labute approximate surface area is 105 Å². The molecule has 0 aliphatic heterocycles. The lowest BCUT2D eigenvalue weighted by Crippen LogP contribution is -2.41. The smallest absolute Gasteiger partial charge is 0.369 e. The third-order valence-corrected chi connectivity index (χ3v) is 2.33. The molecule has 19 heavy (non-hydrogen) atoms. The highest BCUT2D eigenvalue weighted by atomic mass is 19.4. The van der Waals surface area contributed by atoms with Crippen LogP contribution in [0.5, 0.6) is 0 Å². The van der Waals surface area contributed by atoms with Crippen molar-refractivity contribution in [1.29, 1.82) is 0 Å². The molecule has 102 valence electrons. The fourth-order valence-electron chi connectivity index (χ4n) is 1.50. The summed E-state index contributed by atoms with van der Waals surface area (Å²) in [6.45, 7) is 0. The third-order valence-electron chi connectivity index (χ3n) is 2.33. The molecule has 0 bridgehead atoms. The second-order valence-corrected chi connectivity index (χ2v) is 3.65. The average molecular weight is 274 g/mol. The molecule has 0 aliphatic rings. The Morgan fingerprint density at radius 1 is 1.00 bits per heavy atom. The minimum atomic E-state index is -4.80. The minimum Gasteiger partial charge on any atom is -0.369 e. The summed E-state index contributed by atoms with van der Waals surface area (Å²) in [4.78, 5) is 33.7. The van der Waals surface area contributed by atoms with Crippen LogP contribution in [0.25, 0.3) is 0 Å². The van der Waals surface area contributed by atoms with Gasteiger partial charge < -0.3 is 11.5 Å². The van der Waals surface area contributed by atoms with Crippen LogP contribution in [-0.2, 0) is 15.8 Å². The molecule has 1 rings (SSSR count). The molecule has 2 amide bonds. The maximum Gasteiger partial charge on any atom is 0.417 e. The van der Waals surface area contributed by atoms with E-state index in [1.165, 1.54) is 6.07 Å². The number of carbonyl (C=O) groups excluding carboxylic acids is 3. The zero-order chi connectivity index (χ0) is 14.8. The van der Waals surface area contributed by atoms with Gasteiger partial charge in [-0.1, -0.05) is 18.2 Å². The van der Waals surface area contributed by atoms with Crippen molar-refractivity contribution < 1.29 is 27.6 Å². The first-order chi connectivity index (χ1) is 8.66. The van der Waals surface area contributed by atoms with Crippen molar-refractivity contribution in [3.63, 3.8) is 0 Å². The number of Topliss-reactive ketones (excluding diaryl/α,β-unsaturated/α-hetero) is 1. The Hall–Kier alpha value is -2.38. The van der Waals surface area contributed by atoms with E-state index in [1.54, 1.807) is 0 Å². The van der Waals surface area contributed by atoms with E-state index in [0.717, 1.165) is 12.1 Å². The van der Waals surface area contributed by atoms with Crippen molar-refractivity contribution in [1.82, 2.24) is 0 Å². The molecule has 8 heteroatoms. The van der Waals surface area contributed by atoms with Crippen LogP contribution in [0.15, 0.2) is 24.3 Å². The largest absolute Gasteiger partial charge is 0.417 e. The Kier molecular flexibility index (Phi) is 3.93. The topological polar surface area (TPSA) is 103 Å². The summed E-state index contributed by atoms with van der Waals surface area (Å²) in [5.41, 5.74) is 7.51. The van der Waals surface area contributed by atoms with E-state index < -0.39 is 40.8 Å². The summed E-state index contributed by atoms with van der Waals surface area (Å²) in [6, 6.07) is 3.75. The van der Waals surface area contributed by atoms with E-state index in [0.29, 0.717) is 6.07 Å². The number of ketones is 1. The van der Waals surface area contributed by atoms with Gasteiger partial charge in [0.05, 0.1) is 5.56 Å². The zero-order valence-corrected chi connectivity index (χ0v) is 9.40. The van der Waals surface area contributed by atoms with Crippen LogP contribution in [-0.4, -0.2) is 17.6 Å². The van der Waals surface area contributed by atoms with Gasteiger partial charge >= 0.3 is 6.18 Å². The Morgan fingerprint density at radius 2 is 1.47 bits per heavy atom. The standard InChI is InChI=1S/C11H9F3N2O3/c12-11(13,14)6-4-2-1-3-5(6)8(17)7(9(15)18)10(16)19/h1-4,7H,(H2,15,18)(H2,16,19). The second kappa shape index (κ2) is 5.09. The summed E-state index contributed by atoms with van der Waals surface area (Å²) < 4.78 is 38.1. The number of amides is 2. The molecule has 0 heterocycles. The Balaban J connectivity index is 3.34. The summed E-state index contributed by atoms with van der Waals surface area (Å²) in [5.74, 6) is -6.28. The molecular formula is C11H9F3N2O3. The molecule has 0 fully saturated rings. The van der Waals surface area contributed by atoms with Crippen LogP contribution in [0.1, 0.15) is 15.9 Å². The second-order valence-electron chi connectivity index (χ2n) is 3.65. The first kappa shape index (κ1) is 14.7. The van der Waals surface area contributed by atoms with Gasteiger partial charge in [0.2, 0.25) is 11.8 Å². The van der Waals surface area contributed by atoms with Crippen LogP contribution in [0.4, 0.5) is 13.2 Å². The van der Waals surface area contributed by atoms with Gasteiger partial charge in [0, 0.05) is 5.56 Å². The van der Waals surface area contributed by atoms with E-state index in [1.807, 2.05) is 0 Å². The number of halogens is 3. The number of nitrogens with two attached hydrogens (primary N) is 2. The molecule has 0 aliphatic carbocycles. The van der Waals surface area contributed by atoms with Crippen LogP contribution < -0.4 is 11.5 Å². The predicted octanol–water partition coefficient (Wildman–Crippen LogP) is 0.475. The van der Waals surface area contributed by atoms with Gasteiger partial charge in [-0.15, -0.1) is 0 Å². The fourth-order valence-corrected chi connectivity index (χ4v) is 1.50. The van der Waals surface area contributed by atoms with Crippen molar-refractivity contribution in [3.05, 3.63) is 35.4 Å². The number of hydrogen-bond acceptors (Lipinski definition) is 3. The monoisotopic (exact) mass is 274 g/mol. The maximum absolute atomic E-state index is 12.7. The molecule has 5 nitrogen and oxygen atoms in total. The molecule has 1 aromatic rings. The Bertz CT molecular complexity index is 526. The maximum atomic E-state index is 12.7. The molecule has 1 aromatic carbocycles. The van der Waals surface area contributed by atoms with Crippen molar-refractivity contribution in [2.45, 2.75) is 6.18 Å². The molecule has 4 N–H and O–H groups in total. The SMILES string of the molecule is NC(=O)C(C(N)=O)C(=O)c1ccccc1C(F)(F)F. The molecule has 0 spiro atoms. The highest BCUT2D eigenvalue weighted by Gasteiger charge is 2.39. The van der Waals surface area contributed by atoms with E-state index in [4.69, 9.17) is 11.5 Å². The Morgan fingerprint density at radius 3 is 1.89 bits per heavy atom. The lowest BCUT2D eigenvalue weighted by Gasteiger charge is -2.14. The highest BCUT2D eigenvalue weighted by Crippen LogP contribution is 2.32. The van der Waals surface area contributed by atoms with Crippen molar-refractivity contribution >= 4 is 17.6 Å². The first-order valence-corrected chi connectivity index (χ1v) is 4.95. The number of carbonyl (C=O) groups is 3. The number of alkyl halides is 3. The number of benzene rings is 1. The van der Waals surface area contributed by atoms with Crippen LogP contribution >= 0.6 is 0 Å². The number of hydrogen-bond donors (Lipinski definition) is 2. The first-order valence-electron chi connectivity index (χ1n) is 4.95. The van der Waals surface area contributed by atoms with Crippen molar-refractivity contribution in [3.8, 4) is 0 Å². The third kappa shape index (κ3) is 3.09. The van der Waals surface area contributed by atoms with Gasteiger partial charge in [-0.05, 0) is 6.07 Å². The normalized spacial score (nSPS) is 11.4. The van der Waals surface area contributed by atoms with Gasteiger partial charge in [0.25, 0.3) is 0 Å². The van der Waals surface area contributed by atoms with Gasteiger partial charge in [-0.25, -0.2) is 0 Å². The lowest BCUT2D eigenvalue weighted by molar-refractivity contribution is -0.138. The van der Waals surface area contributed by atoms with E-state index >= 15 is 0 Å². The minimum absolute atomic E-state index is 0.659. The van der Waals surface area contributed by atoms with E-state index in [9.17, 15) is 27.6 Å². The summed E-state index contributed by atoms with van der Waals surface area (Å²) in [6.07, 6.45) is -4.80. The van der Waals surface area contributed by atoms with Crippen LogP contribution in [0, 0.1) is 5.92 Å². The summed E-state index contributed by atoms with van der Waals surface area (Å²) in [5, 5.41) is 0. The average Bonchev–Trinajstić information content (AvgIpc) is 2.26. The summed E-state index contributed by atoms with van der Waals surface area (Å²) in [7, 11) is 0. The van der Waals surface area contributed by atoms with Gasteiger partial charge in [0.1, 0.15) is 0 Å². The fraction of sp³-hybridized carbons (Fsp3) is 0.182. The molecule has 0 saturated carbocycles. The van der Waals surface area contributed by atoms with E-state index in [2.05, 4.69) is 0 Å². The number of primary amides is 2. The number of rotatable bonds is 4. The van der Waals surface area contributed by atoms with Gasteiger partial charge in [0.15, 0.2) is 11.7 Å². The molecule has 0 atom stereocenters. The van der Waals surface area contributed by atoms with Crippen LogP contribution in [0.3, 0.4) is 0 Å².